The van der Waals surface area contributed by atoms with Gasteiger partial charge in [0.05, 0.1) is 6.04 Å². The van der Waals surface area contributed by atoms with E-state index in [0.29, 0.717) is 10.9 Å². The zero-order valence-corrected chi connectivity index (χ0v) is 27.2. The van der Waals surface area contributed by atoms with Gasteiger partial charge in [-0.15, -0.1) is 0 Å². The Morgan fingerprint density at radius 1 is 0.780 bits per heavy atom. The molecule has 228 valence electrons. The van der Waals surface area contributed by atoms with E-state index in [1.807, 2.05) is 36.4 Å². The van der Waals surface area contributed by atoms with E-state index in [2.05, 4.69) is 52.1 Å². The Morgan fingerprint density at radius 2 is 1.34 bits per heavy atom. The quantitative estimate of drug-likeness (QED) is 0.149. The number of hydrogen-bond acceptors (Lipinski definition) is 2. The molecular weight excluding hydrogens is 526 g/mol. The second-order valence-corrected chi connectivity index (χ2v) is 13.4. The standard InChI is InChI=1S/C37H56ClNO2/c1-28(2)13-9-14-29(3)15-10-16-30(4)17-11-18-31(5)22-23-32-24-25-35(38)34(27-32)37(33-19-7-6-8-20-33)39-36(41)21-12-26-40/h6-8,19-20,24-31,37H,9-18,21-23H2,1-5H3,(H,39,41)/t29-,30-,31?,37?/m1/s1. The van der Waals surface area contributed by atoms with E-state index < -0.39 is 0 Å². The van der Waals surface area contributed by atoms with Crippen molar-refractivity contribution in [1.29, 1.82) is 0 Å². The lowest BCUT2D eigenvalue weighted by molar-refractivity contribution is -0.123. The number of aryl methyl sites for hydroxylation is 1. The fourth-order valence-electron chi connectivity index (χ4n) is 5.73. The van der Waals surface area contributed by atoms with Crippen molar-refractivity contribution >= 4 is 23.8 Å². The summed E-state index contributed by atoms with van der Waals surface area (Å²) in [5.74, 6) is 3.05. The van der Waals surface area contributed by atoms with Crippen LogP contribution < -0.4 is 5.32 Å². The van der Waals surface area contributed by atoms with Gasteiger partial charge in [-0.05, 0) is 59.3 Å². The molecule has 4 atom stereocenters. The number of rotatable bonds is 21. The summed E-state index contributed by atoms with van der Waals surface area (Å²) in [5, 5.41) is 3.75. The molecule has 0 saturated carbocycles. The third-order valence-electron chi connectivity index (χ3n) is 8.49. The molecule has 0 aromatic heterocycles. The van der Waals surface area contributed by atoms with Crippen molar-refractivity contribution in [2.45, 2.75) is 124 Å². The number of halogens is 1. The van der Waals surface area contributed by atoms with Crippen LogP contribution in [0.4, 0.5) is 0 Å². The molecule has 2 unspecified atom stereocenters. The van der Waals surface area contributed by atoms with Gasteiger partial charge in [-0.3, -0.25) is 4.79 Å². The van der Waals surface area contributed by atoms with E-state index in [9.17, 15) is 9.59 Å². The largest absolute Gasteiger partial charge is 0.345 e. The van der Waals surface area contributed by atoms with Crippen LogP contribution in [0.2, 0.25) is 5.02 Å². The zero-order chi connectivity index (χ0) is 30.0. The van der Waals surface area contributed by atoms with E-state index in [-0.39, 0.29) is 24.8 Å². The van der Waals surface area contributed by atoms with E-state index in [0.717, 1.165) is 48.0 Å². The minimum atomic E-state index is -0.343. The molecule has 0 heterocycles. The highest BCUT2D eigenvalue weighted by Gasteiger charge is 2.20. The first-order valence-corrected chi connectivity index (χ1v) is 16.6. The number of amides is 1. The lowest BCUT2D eigenvalue weighted by Gasteiger charge is -2.22. The molecule has 41 heavy (non-hydrogen) atoms. The highest BCUT2D eigenvalue weighted by molar-refractivity contribution is 6.31. The molecule has 0 fully saturated rings. The molecular formula is C37H56ClNO2. The highest BCUT2D eigenvalue weighted by atomic mass is 35.5. The second kappa shape index (κ2) is 19.9. The molecule has 2 aromatic rings. The van der Waals surface area contributed by atoms with Gasteiger partial charge in [-0.25, -0.2) is 0 Å². The first-order valence-electron chi connectivity index (χ1n) is 16.3. The third-order valence-corrected chi connectivity index (χ3v) is 8.84. The number of aldehydes is 1. The van der Waals surface area contributed by atoms with Crippen LogP contribution in [0.3, 0.4) is 0 Å². The van der Waals surface area contributed by atoms with Crippen molar-refractivity contribution in [3.05, 3.63) is 70.2 Å². The molecule has 1 amide bonds. The van der Waals surface area contributed by atoms with Gasteiger partial charge in [-0.2, -0.15) is 0 Å². The normalized spacial score (nSPS) is 14.4. The zero-order valence-electron chi connectivity index (χ0n) is 26.5. The van der Waals surface area contributed by atoms with Crippen molar-refractivity contribution in [2.24, 2.45) is 23.7 Å². The molecule has 2 aromatic carbocycles. The number of carbonyl (C=O) groups is 2. The molecule has 4 heteroatoms. The van der Waals surface area contributed by atoms with Crippen LogP contribution in [0.5, 0.6) is 0 Å². The Kier molecular flexibility index (Phi) is 17.0. The van der Waals surface area contributed by atoms with Crippen LogP contribution in [-0.2, 0) is 16.0 Å². The molecule has 2 rings (SSSR count). The molecule has 3 nitrogen and oxygen atoms in total. The maximum absolute atomic E-state index is 12.6. The molecule has 1 N–H and O–H groups in total. The topological polar surface area (TPSA) is 46.2 Å². The van der Waals surface area contributed by atoms with Gasteiger partial charge in [0, 0.05) is 17.9 Å². The number of hydrogen-bond donors (Lipinski definition) is 1. The van der Waals surface area contributed by atoms with Gasteiger partial charge in [0.1, 0.15) is 6.29 Å². The monoisotopic (exact) mass is 581 g/mol. The van der Waals surface area contributed by atoms with Crippen LogP contribution in [0.15, 0.2) is 48.5 Å². The van der Waals surface area contributed by atoms with E-state index in [4.69, 9.17) is 11.6 Å². The first-order chi connectivity index (χ1) is 19.7. The summed E-state index contributed by atoms with van der Waals surface area (Å²) in [4.78, 5) is 23.3. The molecule has 0 aliphatic heterocycles. The summed E-state index contributed by atoms with van der Waals surface area (Å²) < 4.78 is 0. The minimum absolute atomic E-state index is 0.147. The summed E-state index contributed by atoms with van der Waals surface area (Å²) in [6.07, 6.45) is 15.5. The number of benzene rings is 2. The summed E-state index contributed by atoms with van der Waals surface area (Å²) in [5.41, 5.74) is 3.13. The fourth-order valence-corrected chi connectivity index (χ4v) is 5.96. The van der Waals surface area contributed by atoms with Crippen LogP contribution in [0.1, 0.15) is 134 Å². The summed E-state index contributed by atoms with van der Waals surface area (Å²) in [7, 11) is 0. The SMILES string of the molecule is CC(C)CCC[C@@H](C)CCC[C@@H](C)CCCC(C)CCc1ccc(Cl)c(C(NC(=O)CCC=O)c2ccccc2)c1. The molecule has 0 aliphatic carbocycles. The van der Waals surface area contributed by atoms with E-state index in [1.165, 1.54) is 63.4 Å². The maximum atomic E-state index is 12.6. The Morgan fingerprint density at radius 3 is 1.90 bits per heavy atom. The minimum Gasteiger partial charge on any atom is -0.345 e. The summed E-state index contributed by atoms with van der Waals surface area (Å²) in [6.45, 7) is 11.9. The van der Waals surface area contributed by atoms with Gasteiger partial charge in [0.15, 0.2) is 0 Å². The third kappa shape index (κ3) is 14.5. The van der Waals surface area contributed by atoms with Crippen molar-refractivity contribution < 1.29 is 9.59 Å². The number of nitrogens with one attached hydrogen (secondary N) is 1. The average Bonchev–Trinajstić information content (AvgIpc) is 2.94. The lowest BCUT2D eigenvalue weighted by Crippen LogP contribution is -2.29. The Hall–Kier alpha value is -2.13. The molecule has 0 radical (unpaired) electrons. The Balaban J connectivity index is 1.82. The lowest BCUT2D eigenvalue weighted by atomic mass is 9.90. The van der Waals surface area contributed by atoms with Crippen LogP contribution >= 0.6 is 11.6 Å². The second-order valence-electron chi connectivity index (χ2n) is 13.0. The molecule has 0 bridgehead atoms. The van der Waals surface area contributed by atoms with Crippen molar-refractivity contribution in [1.82, 2.24) is 5.32 Å². The van der Waals surface area contributed by atoms with Crippen LogP contribution in [0.25, 0.3) is 0 Å². The molecule has 0 spiro atoms. The van der Waals surface area contributed by atoms with Crippen molar-refractivity contribution in [3.63, 3.8) is 0 Å². The van der Waals surface area contributed by atoms with Gasteiger partial charge in [0.2, 0.25) is 5.91 Å². The van der Waals surface area contributed by atoms with Gasteiger partial charge in [-0.1, -0.05) is 146 Å². The van der Waals surface area contributed by atoms with Crippen molar-refractivity contribution in [3.8, 4) is 0 Å². The van der Waals surface area contributed by atoms with Gasteiger partial charge < -0.3 is 10.1 Å². The predicted octanol–water partition coefficient (Wildman–Crippen LogP) is 10.5. The number of carbonyl (C=O) groups excluding carboxylic acids is 2. The molecule has 0 saturated heterocycles. The Bertz CT molecular complexity index is 1010. The fraction of sp³-hybridized carbons (Fsp3) is 0.622. The van der Waals surface area contributed by atoms with Crippen LogP contribution in [-0.4, -0.2) is 12.2 Å². The Labute approximate surface area is 256 Å². The molecule has 0 aliphatic rings. The maximum Gasteiger partial charge on any atom is 0.221 e. The summed E-state index contributed by atoms with van der Waals surface area (Å²) in [6, 6.07) is 15.8. The average molecular weight is 582 g/mol. The van der Waals surface area contributed by atoms with Gasteiger partial charge >= 0.3 is 0 Å². The van der Waals surface area contributed by atoms with E-state index in [1.54, 1.807) is 0 Å². The smallest absolute Gasteiger partial charge is 0.221 e. The van der Waals surface area contributed by atoms with Crippen molar-refractivity contribution in [2.75, 3.05) is 0 Å². The summed E-state index contributed by atoms with van der Waals surface area (Å²) >= 11 is 6.67. The van der Waals surface area contributed by atoms with Gasteiger partial charge in [0.25, 0.3) is 0 Å². The predicted molar refractivity (Wildman–Crippen MR) is 175 cm³/mol. The highest BCUT2D eigenvalue weighted by Crippen LogP contribution is 2.31. The first kappa shape index (κ1) is 35.1. The van der Waals surface area contributed by atoms with Crippen LogP contribution in [0, 0.1) is 23.7 Å². The van der Waals surface area contributed by atoms with E-state index >= 15 is 0 Å².